The van der Waals surface area contributed by atoms with Crippen LogP contribution in [0, 0.1) is 0 Å². The van der Waals surface area contributed by atoms with Crippen LogP contribution in [-0.4, -0.2) is 17.5 Å². The van der Waals surface area contributed by atoms with Crippen LogP contribution < -0.4 is 11.5 Å². The Morgan fingerprint density at radius 2 is 2.06 bits per heavy atom. The van der Waals surface area contributed by atoms with Crippen molar-refractivity contribution in [3.8, 4) is 0 Å². The third-order valence-corrected chi connectivity index (χ3v) is 3.76. The molecule has 3 nitrogen and oxygen atoms in total. The summed E-state index contributed by atoms with van der Waals surface area (Å²) in [6, 6.07) is 6.75. The fraction of sp³-hybridized carbons (Fsp3) is 0.571. The molecular formula is C14H23N3. The number of rotatable bonds is 3. The second-order valence-corrected chi connectivity index (χ2v) is 4.99. The lowest BCUT2D eigenvalue weighted by Gasteiger charge is -2.35. The van der Waals surface area contributed by atoms with E-state index in [0.29, 0.717) is 11.4 Å². The SMILES string of the molecule is CCC1CCCCN1Cc1ccc(N)c(N)c1. The van der Waals surface area contributed by atoms with Gasteiger partial charge in [-0.25, -0.2) is 0 Å². The van der Waals surface area contributed by atoms with Gasteiger partial charge in [-0.1, -0.05) is 19.4 Å². The Morgan fingerprint density at radius 3 is 2.76 bits per heavy atom. The topological polar surface area (TPSA) is 55.3 Å². The molecule has 0 aliphatic carbocycles. The third-order valence-electron chi connectivity index (χ3n) is 3.76. The smallest absolute Gasteiger partial charge is 0.0551 e. The van der Waals surface area contributed by atoms with Crippen LogP contribution in [0.2, 0.25) is 0 Å². The molecule has 1 atom stereocenters. The molecule has 17 heavy (non-hydrogen) atoms. The number of benzene rings is 1. The lowest BCUT2D eigenvalue weighted by atomic mass is 9.99. The first kappa shape index (κ1) is 12.2. The van der Waals surface area contributed by atoms with Crippen molar-refractivity contribution >= 4 is 11.4 Å². The zero-order valence-electron chi connectivity index (χ0n) is 10.7. The zero-order chi connectivity index (χ0) is 12.3. The Kier molecular flexibility index (Phi) is 3.89. The van der Waals surface area contributed by atoms with E-state index in [4.69, 9.17) is 11.5 Å². The summed E-state index contributed by atoms with van der Waals surface area (Å²) in [6.07, 6.45) is 5.27. The van der Waals surface area contributed by atoms with Crippen LogP contribution >= 0.6 is 0 Å². The maximum absolute atomic E-state index is 5.85. The van der Waals surface area contributed by atoms with Crippen molar-refractivity contribution in [2.45, 2.75) is 45.2 Å². The average Bonchev–Trinajstić information content (AvgIpc) is 2.34. The molecular weight excluding hydrogens is 210 g/mol. The van der Waals surface area contributed by atoms with Crippen molar-refractivity contribution in [1.29, 1.82) is 0 Å². The molecule has 0 aromatic heterocycles. The maximum atomic E-state index is 5.85. The molecule has 0 radical (unpaired) electrons. The zero-order valence-corrected chi connectivity index (χ0v) is 10.7. The quantitative estimate of drug-likeness (QED) is 0.789. The second kappa shape index (κ2) is 5.41. The van der Waals surface area contributed by atoms with Gasteiger partial charge >= 0.3 is 0 Å². The van der Waals surface area contributed by atoms with Crippen LogP contribution in [-0.2, 0) is 6.54 Å². The van der Waals surface area contributed by atoms with Crippen molar-refractivity contribution in [2.24, 2.45) is 0 Å². The number of piperidine rings is 1. The number of nitrogens with two attached hydrogens (primary N) is 2. The van der Waals surface area contributed by atoms with Gasteiger partial charge in [0.05, 0.1) is 11.4 Å². The highest BCUT2D eigenvalue weighted by molar-refractivity contribution is 5.63. The van der Waals surface area contributed by atoms with E-state index >= 15 is 0 Å². The lowest BCUT2D eigenvalue weighted by Crippen LogP contribution is -2.38. The molecule has 2 rings (SSSR count). The van der Waals surface area contributed by atoms with Crippen LogP contribution in [0.15, 0.2) is 18.2 Å². The molecule has 1 aliphatic heterocycles. The number of anilines is 2. The van der Waals surface area contributed by atoms with Crippen molar-refractivity contribution in [3.63, 3.8) is 0 Å². The third kappa shape index (κ3) is 2.91. The molecule has 4 N–H and O–H groups in total. The van der Waals surface area contributed by atoms with E-state index in [1.807, 2.05) is 12.1 Å². The fourth-order valence-corrected chi connectivity index (χ4v) is 2.69. The second-order valence-electron chi connectivity index (χ2n) is 4.99. The number of likely N-dealkylation sites (tertiary alicyclic amines) is 1. The number of hydrogen-bond donors (Lipinski definition) is 2. The summed E-state index contributed by atoms with van der Waals surface area (Å²) in [7, 11) is 0. The largest absolute Gasteiger partial charge is 0.397 e. The fourth-order valence-electron chi connectivity index (χ4n) is 2.69. The molecule has 0 spiro atoms. The van der Waals surface area contributed by atoms with Crippen molar-refractivity contribution in [3.05, 3.63) is 23.8 Å². The standard InChI is InChI=1S/C14H23N3/c1-2-12-5-3-4-8-17(12)10-11-6-7-13(15)14(16)9-11/h6-7,9,12H,2-5,8,10,15-16H2,1H3. The predicted octanol–water partition coefficient (Wildman–Crippen LogP) is 2.62. The van der Waals surface area contributed by atoms with Gasteiger partial charge in [0.15, 0.2) is 0 Å². The van der Waals surface area contributed by atoms with Crippen LogP contribution in [0.1, 0.15) is 38.2 Å². The van der Waals surface area contributed by atoms with E-state index in [-0.39, 0.29) is 0 Å². The highest BCUT2D eigenvalue weighted by Gasteiger charge is 2.20. The summed E-state index contributed by atoms with van der Waals surface area (Å²) in [5.41, 5.74) is 14.2. The molecule has 1 aromatic rings. The first-order valence-corrected chi connectivity index (χ1v) is 6.58. The van der Waals surface area contributed by atoms with Crippen LogP contribution in [0.5, 0.6) is 0 Å². The molecule has 1 aliphatic rings. The number of nitrogens with zero attached hydrogens (tertiary/aromatic N) is 1. The monoisotopic (exact) mass is 233 g/mol. The minimum atomic E-state index is 0.680. The summed E-state index contributed by atoms with van der Waals surface area (Å²) in [6.45, 7) is 4.49. The average molecular weight is 233 g/mol. The number of nitrogen functional groups attached to an aromatic ring is 2. The molecule has 94 valence electrons. The van der Waals surface area contributed by atoms with Gasteiger partial charge in [-0.2, -0.15) is 0 Å². The van der Waals surface area contributed by atoms with Crippen LogP contribution in [0.3, 0.4) is 0 Å². The molecule has 0 saturated carbocycles. The van der Waals surface area contributed by atoms with Gasteiger partial charge in [0.2, 0.25) is 0 Å². The first-order chi connectivity index (χ1) is 8.20. The summed E-state index contributed by atoms with van der Waals surface area (Å²) < 4.78 is 0. The van der Waals surface area contributed by atoms with Gasteiger partial charge in [-0.15, -0.1) is 0 Å². The Balaban J connectivity index is 2.05. The van der Waals surface area contributed by atoms with Gasteiger partial charge < -0.3 is 11.5 Å². The highest BCUT2D eigenvalue weighted by atomic mass is 15.2. The summed E-state index contributed by atoms with van der Waals surface area (Å²) in [5, 5.41) is 0. The van der Waals surface area contributed by atoms with E-state index in [1.165, 1.54) is 37.8 Å². The molecule has 1 fully saturated rings. The first-order valence-electron chi connectivity index (χ1n) is 6.58. The Hall–Kier alpha value is -1.22. The molecule has 3 heteroatoms. The van der Waals surface area contributed by atoms with Gasteiger partial charge in [0, 0.05) is 12.6 Å². The molecule has 0 amide bonds. The van der Waals surface area contributed by atoms with Gasteiger partial charge in [-0.3, -0.25) is 4.90 Å². The summed E-state index contributed by atoms with van der Waals surface area (Å²) in [5.74, 6) is 0. The van der Waals surface area contributed by atoms with Crippen LogP contribution in [0.25, 0.3) is 0 Å². The van der Waals surface area contributed by atoms with Crippen molar-refractivity contribution in [2.75, 3.05) is 18.0 Å². The summed E-state index contributed by atoms with van der Waals surface area (Å²) >= 11 is 0. The van der Waals surface area contributed by atoms with E-state index in [1.54, 1.807) is 0 Å². The Bertz CT molecular complexity index is 376. The predicted molar refractivity (Wildman–Crippen MR) is 73.6 cm³/mol. The maximum Gasteiger partial charge on any atom is 0.0551 e. The Labute approximate surface area is 104 Å². The van der Waals surface area contributed by atoms with Crippen molar-refractivity contribution in [1.82, 2.24) is 4.90 Å². The minimum absolute atomic E-state index is 0.680. The van der Waals surface area contributed by atoms with Gasteiger partial charge in [0.25, 0.3) is 0 Å². The van der Waals surface area contributed by atoms with Gasteiger partial charge in [-0.05, 0) is 43.5 Å². The molecule has 1 heterocycles. The number of hydrogen-bond acceptors (Lipinski definition) is 3. The van der Waals surface area contributed by atoms with E-state index in [0.717, 1.165) is 12.6 Å². The highest BCUT2D eigenvalue weighted by Crippen LogP contribution is 2.23. The van der Waals surface area contributed by atoms with Crippen LogP contribution in [0.4, 0.5) is 11.4 Å². The van der Waals surface area contributed by atoms with Crippen molar-refractivity contribution < 1.29 is 0 Å². The lowest BCUT2D eigenvalue weighted by molar-refractivity contribution is 0.136. The normalized spacial score (nSPS) is 21.6. The molecule has 0 bridgehead atoms. The molecule has 1 aromatic carbocycles. The van der Waals surface area contributed by atoms with E-state index < -0.39 is 0 Å². The van der Waals surface area contributed by atoms with E-state index in [2.05, 4.69) is 17.9 Å². The Morgan fingerprint density at radius 1 is 1.24 bits per heavy atom. The van der Waals surface area contributed by atoms with E-state index in [9.17, 15) is 0 Å². The minimum Gasteiger partial charge on any atom is -0.397 e. The van der Waals surface area contributed by atoms with Gasteiger partial charge in [0.1, 0.15) is 0 Å². The molecule has 1 saturated heterocycles. The summed E-state index contributed by atoms with van der Waals surface area (Å²) in [4.78, 5) is 2.58. The molecule has 1 unspecified atom stereocenters.